The molecule has 0 radical (unpaired) electrons. The lowest BCUT2D eigenvalue weighted by atomic mass is 10.0. The normalized spacial score (nSPS) is 11.8. The summed E-state index contributed by atoms with van der Waals surface area (Å²) in [5.41, 5.74) is 1.32. The lowest BCUT2D eigenvalue weighted by Crippen LogP contribution is -2.68. The highest BCUT2D eigenvalue weighted by molar-refractivity contribution is 7.18. The Kier molecular flexibility index (Phi) is 4.24. The molecular formula is C19H12ClNO4S. The zero-order chi connectivity index (χ0) is 18.3. The van der Waals surface area contributed by atoms with Crippen LogP contribution >= 0.6 is 11.3 Å². The van der Waals surface area contributed by atoms with Gasteiger partial charge in [-0.25, -0.2) is 18.6 Å². The summed E-state index contributed by atoms with van der Waals surface area (Å²) in [5, 5.41) is 8.77. The third-order valence-corrected chi connectivity index (χ3v) is 5.13. The molecule has 5 nitrogen and oxygen atoms in total. The first-order valence-electron chi connectivity index (χ1n) is 7.65. The van der Waals surface area contributed by atoms with Crippen LogP contribution in [0.1, 0.15) is 0 Å². The van der Waals surface area contributed by atoms with Crippen LogP contribution in [0.5, 0.6) is 0 Å². The molecule has 0 atom stereocenters. The quantitative estimate of drug-likeness (QED) is 0.281. The fourth-order valence-corrected chi connectivity index (χ4v) is 4.16. The predicted octanol–water partition coefficient (Wildman–Crippen LogP) is 0.190. The number of aromatic nitrogens is 1. The summed E-state index contributed by atoms with van der Waals surface area (Å²) in [6.45, 7) is 0. The number of hydrogen-bond donors (Lipinski definition) is 0. The maximum absolute atomic E-state index is 8.49. The predicted molar refractivity (Wildman–Crippen MR) is 90.0 cm³/mol. The van der Waals surface area contributed by atoms with E-state index in [4.69, 9.17) is 18.6 Å². The van der Waals surface area contributed by atoms with Crippen molar-refractivity contribution in [2.24, 2.45) is 0 Å². The second kappa shape index (κ2) is 6.44. The summed E-state index contributed by atoms with van der Waals surface area (Å²) in [7, 11) is -4.94. The van der Waals surface area contributed by atoms with Crippen molar-refractivity contribution in [3.8, 4) is 0 Å². The molecule has 0 aliphatic heterocycles. The molecule has 0 N–H and O–H groups in total. The van der Waals surface area contributed by atoms with Gasteiger partial charge in [0.1, 0.15) is 4.70 Å². The molecule has 5 rings (SSSR count). The second-order valence-corrected chi connectivity index (χ2v) is 7.39. The molecule has 26 heavy (non-hydrogen) atoms. The number of thiophene rings is 1. The van der Waals surface area contributed by atoms with Crippen LogP contribution in [0.25, 0.3) is 37.1 Å². The number of nitrogens with zero attached hydrogens (tertiary/aromatic N) is 1. The van der Waals surface area contributed by atoms with Crippen LogP contribution in [-0.4, -0.2) is 0 Å². The van der Waals surface area contributed by atoms with Crippen LogP contribution in [0.2, 0.25) is 0 Å². The summed E-state index contributed by atoms with van der Waals surface area (Å²) in [5.74, 6) is 0. The van der Waals surface area contributed by atoms with Crippen molar-refractivity contribution in [2.75, 3.05) is 0 Å². The van der Waals surface area contributed by atoms with Gasteiger partial charge in [-0.15, -0.1) is 21.6 Å². The van der Waals surface area contributed by atoms with E-state index in [1.54, 1.807) is 0 Å². The largest absolute Gasteiger partial charge is 0.237 e. The molecule has 0 aliphatic carbocycles. The molecule has 0 unspecified atom stereocenters. The van der Waals surface area contributed by atoms with Gasteiger partial charge in [0.15, 0.2) is 12.4 Å². The number of pyridine rings is 2. The van der Waals surface area contributed by atoms with Crippen LogP contribution in [0.4, 0.5) is 0 Å². The minimum absolute atomic E-state index is 1.30. The molecule has 0 aliphatic rings. The topological polar surface area (TPSA) is 96.3 Å². The number of hydrogen-bond acceptors (Lipinski definition) is 5. The molecule has 3 aromatic heterocycles. The summed E-state index contributed by atoms with van der Waals surface area (Å²) in [6.07, 6.45) is 4.32. The first-order chi connectivity index (χ1) is 12.4. The molecule has 0 saturated carbocycles. The van der Waals surface area contributed by atoms with Gasteiger partial charge in [-0.3, -0.25) is 0 Å². The molecule has 0 spiro atoms. The van der Waals surface area contributed by atoms with Crippen molar-refractivity contribution in [3.63, 3.8) is 0 Å². The zero-order valence-corrected chi connectivity index (χ0v) is 14.9. The Bertz CT molecular complexity index is 1240. The SMILES string of the molecule is [O-][Cl+3]([O-])([O-])[O-].c1ccc2c(c1)ccc1cc[n+]3ccc4ccsc4c3c12. The van der Waals surface area contributed by atoms with Gasteiger partial charge in [0, 0.05) is 17.5 Å². The van der Waals surface area contributed by atoms with Gasteiger partial charge in [0.05, 0.1) is 5.39 Å². The molecular weight excluding hydrogens is 374 g/mol. The minimum Gasteiger partial charge on any atom is -0.222 e. The highest BCUT2D eigenvalue weighted by Gasteiger charge is 2.15. The minimum atomic E-state index is -4.94. The molecule has 130 valence electrons. The van der Waals surface area contributed by atoms with E-state index in [1.165, 1.54) is 37.1 Å². The Morgan fingerprint density at radius 2 is 1.38 bits per heavy atom. The second-order valence-electron chi connectivity index (χ2n) is 5.72. The van der Waals surface area contributed by atoms with Gasteiger partial charge < -0.3 is 0 Å². The zero-order valence-electron chi connectivity index (χ0n) is 13.3. The van der Waals surface area contributed by atoms with Crippen LogP contribution < -0.4 is 23.0 Å². The molecule has 3 heterocycles. The van der Waals surface area contributed by atoms with Gasteiger partial charge in [-0.1, -0.05) is 36.4 Å². The van der Waals surface area contributed by atoms with Gasteiger partial charge >= 0.3 is 0 Å². The maximum atomic E-state index is 8.49. The van der Waals surface area contributed by atoms with Gasteiger partial charge in [0.2, 0.25) is 5.52 Å². The maximum Gasteiger partial charge on any atom is 0.237 e. The lowest BCUT2D eigenvalue weighted by Gasteiger charge is -2.17. The van der Waals surface area contributed by atoms with Crippen molar-refractivity contribution in [3.05, 3.63) is 72.4 Å². The first kappa shape index (κ1) is 17.1. The van der Waals surface area contributed by atoms with E-state index in [0.29, 0.717) is 0 Å². The van der Waals surface area contributed by atoms with E-state index >= 15 is 0 Å². The van der Waals surface area contributed by atoms with Gasteiger partial charge in [-0.2, -0.15) is 4.40 Å². The van der Waals surface area contributed by atoms with E-state index < -0.39 is 10.2 Å². The average molecular weight is 386 g/mol. The van der Waals surface area contributed by atoms with Crippen molar-refractivity contribution >= 4 is 48.5 Å². The number of rotatable bonds is 0. The van der Waals surface area contributed by atoms with Crippen molar-refractivity contribution in [2.45, 2.75) is 0 Å². The highest BCUT2D eigenvalue weighted by Crippen LogP contribution is 2.32. The van der Waals surface area contributed by atoms with Crippen molar-refractivity contribution in [1.82, 2.24) is 0 Å². The van der Waals surface area contributed by atoms with Crippen molar-refractivity contribution < 1.29 is 33.3 Å². The molecule has 0 saturated heterocycles. The smallest absolute Gasteiger partial charge is 0.222 e. The number of fused-ring (bicyclic) bond motifs is 7. The molecule has 7 heteroatoms. The van der Waals surface area contributed by atoms with E-state index in [0.717, 1.165) is 0 Å². The first-order valence-corrected chi connectivity index (χ1v) is 9.77. The van der Waals surface area contributed by atoms with Crippen molar-refractivity contribution in [1.29, 1.82) is 0 Å². The van der Waals surface area contributed by atoms with Crippen LogP contribution in [-0.2, 0) is 0 Å². The number of benzene rings is 2. The Morgan fingerprint density at radius 1 is 0.731 bits per heavy atom. The van der Waals surface area contributed by atoms with Crippen LogP contribution in [0.3, 0.4) is 0 Å². The Morgan fingerprint density at radius 3 is 2.15 bits per heavy atom. The number of halogens is 1. The molecule has 2 aromatic carbocycles. The summed E-state index contributed by atoms with van der Waals surface area (Å²) in [6, 6.07) is 19.7. The summed E-state index contributed by atoms with van der Waals surface area (Å²) < 4.78 is 37.6. The van der Waals surface area contributed by atoms with Crippen LogP contribution in [0, 0.1) is 10.2 Å². The van der Waals surface area contributed by atoms with E-state index in [2.05, 4.69) is 76.8 Å². The Hall–Kier alpha value is -2.32. The summed E-state index contributed by atoms with van der Waals surface area (Å²) in [4.78, 5) is 0. The monoisotopic (exact) mass is 385 g/mol. The average Bonchev–Trinajstić information content (AvgIpc) is 3.08. The third-order valence-electron chi connectivity index (χ3n) is 4.20. The van der Waals surface area contributed by atoms with E-state index in [9.17, 15) is 0 Å². The van der Waals surface area contributed by atoms with Crippen LogP contribution in [0.15, 0.2) is 72.4 Å². The lowest BCUT2D eigenvalue weighted by molar-refractivity contribution is -2.00. The molecule has 5 aromatic rings. The molecule has 0 amide bonds. The van der Waals surface area contributed by atoms with Gasteiger partial charge in [-0.05, 0) is 27.6 Å². The fraction of sp³-hybridized carbons (Fsp3) is 0. The molecule has 0 bridgehead atoms. The van der Waals surface area contributed by atoms with E-state index in [-0.39, 0.29) is 0 Å². The Balaban J connectivity index is 0.000000301. The summed E-state index contributed by atoms with van der Waals surface area (Å²) >= 11 is 1.82. The molecule has 0 fully saturated rings. The Labute approximate surface area is 154 Å². The van der Waals surface area contributed by atoms with E-state index in [1.807, 2.05) is 11.3 Å². The highest BCUT2D eigenvalue weighted by atomic mass is 35.7. The standard InChI is InChI=1S/C19H12NS.ClHO4/c1-2-4-16-13(3-1)5-6-14-7-10-20-11-8-15-9-12-21-19(15)18(20)17(14)16;2-1(3,4)5/h1-12H;(H,2,3,4,5)/q+1;/p-1. The fourth-order valence-electron chi connectivity index (χ4n) is 3.21. The van der Waals surface area contributed by atoms with Gasteiger partial charge in [0.25, 0.3) is 0 Å². The third kappa shape index (κ3) is 3.22.